The number of aliphatic carboxylic acids is 1. The average Bonchev–Trinajstić information content (AvgIpc) is 3.30. The van der Waals surface area contributed by atoms with Gasteiger partial charge in [0.1, 0.15) is 5.82 Å². The van der Waals surface area contributed by atoms with Crippen LogP contribution in [0.3, 0.4) is 0 Å². The number of piperazine rings is 1. The number of nitrogens with one attached hydrogen (secondary N) is 1. The zero-order valence-electron chi connectivity index (χ0n) is 16.4. The normalized spacial score (nSPS) is 14.0. The van der Waals surface area contributed by atoms with Gasteiger partial charge in [-0.15, -0.1) is 4.80 Å². The number of carbonyl (C=O) groups is 1. The fraction of sp³-hybridized carbons (Fsp3) is 0.316. The predicted octanol–water partition coefficient (Wildman–Crippen LogP) is 2.58. The third kappa shape index (κ3) is 5.15. The molecule has 12 heteroatoms. The molecule has 0 bridgehead atoms. The van der Waals surface area contributed by atoms with E-state index in [-0.39, 0.29) is 13.0 Å². The number of rotatable bonds is 7. The highest BCUT2D eigenvalue weighted by molar-refractivity contribution is 6.42. The van der Waals surface area contributed by atoms with Gasteiger partial charge < -0.3 is 20.2 Å². The van der Waals surface area contributed by atoms with E-state index in [1.165, 1.54) is 4.80 Å². The predicted molar refractivity (Wildman–Crippen MR) is 119 cm³/mol. The summed E-state index contributed by atoms with van der Waals surface area (Å²) in [6.07, 6.45) is 3.09. The summed E-state index contributed by atoms with van der Waals surface area (Å²) >= 11 is 12.2. The molecule has 31 heavy (non-hydrogen) atoms. The van der Waals surface area contributed by atoms with Crippen molar-refractivity contribution < 1.29 is 9.90 Å². The Morgan fingerprint density at radius 1 is 0.968 bits per heavy atom. The van der Waals surface area contributed by atoms with Gasteiger partial charge in [0.15, 0.2) is 5.82 Å². The quantitative estimate of drug-likeness (QED) is 0.546. The molecular formula is C19H20Cl2N8O2. The third-order valence-electron chi connectivity index (χ3n) is 4.82. The molecule has 2 N–H and O–H groups in total. The maximum absolute atomic E-state index is 10.8. The van der Waals surface area contributed by atoms with Crippen LogP contribution in [-0.2, 0) is 4.79 Å². The molecule has 0 amide bonds. The molecule has 3 heterocycles. The molecule has 2 aromatic heterocycles. The van der Waals surface area contributed by atoms with Gasteiger partial charge in [0.05, 0.1) is 28.9 Å². The van der Waals surface area contributed by atoms with E-state index in [0.717, 1.165) is 31.9 Å². The highest BCUT2D eigenvalue weighted by Crippen LogP contribution is 2.28. The van der Waals surface area contributed by atoms with E-state index in [9.17, 15) is 4.79 Å². The Labute approximate surface area is 188 Å². The van der Waals surface area contributed by atoms with Crippen molar-refractivity contribution >= 4 is 46.6 Å². The van der Waals surface area contributed by atoms with Gasteiger partial charge in [-0.1, -0.05) is 23.2 Å². The van der Waals surface area contributed by atoms with Crippen molar-refractivity contribution in [1.82, 2.24) is 25.0 Å². The molecule has 1 aromatic carbocycles. The summed E-state index contributed by atoms with van der Waals surface area (Å²) in [7, 11) is 0. The van der Waals surface area contributed by atoms with Gasteiger partial charge in [0, 0.05) is 44.5 Å². The van der Waals surface area contributed by atoms with Crippen molar-refractivity contribution in [2.24, 2.45) is 0 Å². The van der Waals surface area contributed by atoms with E-state index < -0.39 is 5.97 Å². The van der Waals surface area contributed by atoms with Crippen molar-refractivity contribution in [2.75, 3.05) is 47.8 Å². The minimum absolute atomic E-state index is 0.0364. The van der Waals surface area contributed by atoms with Crippen LogP contribution < -0.4 is 15.1 Å². The van der Waals surface area contributed by atoms with Gasteiger partial charge >= 0.3 is 5.97 Å². The Kier molecular flexibility index (Phi) is 6.38. The molecule has 1 aliphatic rings. The van der Waals surface area contributed by atoms with E-state index in [2.05, 4.69) is 35.3 Å². The van der Waals surface area contributed by atoms with Crippen LogP contribution in [0.1, 0.15) is 6.42 Å². The van der Waals surface area contributed by atoms with Crippen LogP contribution in [-0.4, -0.2) is 68.8 Å². The van der Waals surface area contributed by atoms with Crippen LogP contribution in [0, 0.1) is 0 Å². The lowest BCUT2D eigenvalue weighted by Gasteiger charge is -2.37. The largest absolute Gasteiger partial charge is 0.481 e. The van der Waals surface area contributed by atoms with Crippen molar-refractivity contribution in [3.8, 4) is 5.82 Å². The third-order valence-corrected chi connectivity index (χ3v) is 5.56. The minimum atomic E-state index is -0.893. The second-order valence-corrected chi connectivity index (χ2v) is 7.68. The minimum Gasteiger partial charge on any atom is -0.481 e. The highest BCUT2D eigenvalue weighted by atomic mass is 35.5. The number of nitrogens with zero attached hydrogens (tertiary/aromatic N) is 7. The van der Waals surface area contributed by atoms with Gasteiger partial charge in [0.2, 0.25) is 5.95 Å². The molecule has 0 saturated carbocycles. The van der Waals surface area contributed by atoms with Gasteiger partial charge in [-0.2, -0.15) is 20.2 Å². The summed E-state index contributed by atoms with van der Waals surface area (Å²) in [6, 6.07) is 7.45. The summed E-state index contributed by atoms with van der Waals surface area (Å²) in [5.41, 5.74) is 1.02. The Balaban J connectivity index is 1.51. The van der Waals surface area contributed by atoms with E-state index in [1.54, 1.807) is 18.5 Å². The van der Waals surface area contributed by atoms with Gasteiger partial charge in [0.25, 0.3) is 0 Å². The molecule has 1 aliphatic heterocycles. The van der Waals surface area contributed by atoms with Crippen LogP contribution >= 0.6 is 23.2 Å². The molecule has 162 valence electrons. The molecule has 1 fully saturated rings. The van der Waals surface area contributed by atoms with Crippen molar-refractivity contribution in [3.05, 3.63) is 46.7 Å². The zero-order chi connectivity index (χ0) is 21.8. The number of hydrogen-bond donors (Lipinski definition) is 2. The zero-order valence-corrected chi connectivity index (χ0v) is 18.0. The molecule has 3 aromatic rings. The summed E-state index contributed by atoms with van der Waals surface area (Å²) in [6.45, 7) is 3.24. The van der Waals surface area contributed by atoms with E-state index in [4.69, 9.17) is 28.3 Å². The van der Waals surface area contributed by atoms with E-state index >= 15 is 0 Å². The first-order valence-electron chi connectivity index (χ1n) is 9.66. The summed E-state index contributed by atoms with van der Waals surface area (Å²) in [5.74, 6) is 0.655. The van der Waals surface area contributed by atoms with E-state index in [0.29, 0.717) is 27.6 Å². The van der Waals surface area contributed by atoms with Crippen LogP contribution in [0.5, 0.6) is 0 Å². The molecule has 0 unspecified atom stereocenters. The molecule has 10 nitrogen and oxygen atoms in total. The van der Waals surface area contributed by atoms with Crippen LogP contribution in [0.25, 0.3) is 5.82 Å². The molecule has 0 aliphatic carbocycles. The SMILES string of the molecule is O=C(O)CCNc1nc(N2CCN(c3ccc(Cl)c(Cl)c3)CC2)cc(-n2nccn2)n1. The number of hydrogen-bond acceptors (Lipinski definition) is 8. The standard InChI is InChI=1S/C19H20Cl2N8O2/c20-14-2-1-13(11-15(14)21)27-7-9-28(10-8-27)16-12-17(29-23-5-6-24-29)26-19(25-16)22-4-3-18(30)31/h1-2,5-6,11-12H,3-4,7-10H2,(H,30,31)(H,22,25,26). The first kappa shape index (κ1) is 21.1. The Morgan fingerprint density at radius 2 is 1.65 bits per heavy atom. The Morgan fingerprint density at radius 3 is 2.32 bits per heavy atom. The molecule has 1 saturated heterocycles. The first-order chi connectivity index (χ1) is 15.0. The number of anilines is 3. The van der Waals surface area contributed by atoms with Crippen molar-refractivity contribution in [1.29, 1.82) is 0 Å². The lowest BCUT2D eigenvalue weighted by Crippen LogP contribution is -2.47. The number of benzene rings is 1. The molecule has 0 spiro atoms. The van der Waals surface area contributed by atoms with Crippen molar-refractivity contribution in [3.63, 3.8) is 0 Å². The second kappa shape index (κ2) is 9.36. The lowest BCUT2D eigenvalue weighted by atomic mass is 10.2. The summed E-state index contributed by atoms with van der Waals surface area (Å²) in [5, 5.41) is 21.2. The average molecular weight is 463 g/mol. The lowest BCUT2D eigenvalue weighted by molar-refractivity contribution is -0.136. The molecule has 0 radical (unpaired) electrons. The van der Waals surface area contributed by atoms with Crippen molar-refractivity contribution in [2.45, 2.75) is 6.42 Å². The summed E-state index contributed by atoms with van der Waals surface area (Å²) < 4.78 is 0. The van der Waals surface area contributed by atoms with Crippen LogP contribution in [0.15, 0.2) is 36.7 Å². The summed E-state index contributed by atoms with van der Waals surface area (Å²) in [4.78, 5) is 25.6. The monoisotopic (exact) mass is 462 g/mol. The van der Waals surface area contributed by atoms with Crippen LogP contribution in [0.2, 0.25) is 10.0 Å². The number of aromatic nitrogens is 5. The first-order valence-corrected chi connectivity index (χ1v) is 10.4. The fourth-order valence-electron chi connectivity index (χ4n) is 3.26. The van der Waals surface area contributed by atoms with Gasteiger partial charge in [-0.3, -0.25) is 4.79 Å². The maximum Gasteiger partial charge on any atom is 0.305 e. The highest BCUT2D eigenvalue weighted by Gasteiger charge is 2.21. The number of carboxylic acids is 1. The number of halogens is 2. The molecular weight excluding hydrogens is 443 g/mol. The molecule has 0 atom stereocenters. The second-order valence-electron chi connectivity index (χ2n) is 6.87. The van der Waals surface area contributed by atoms with Gasteiger partial charge in [-0.25, -0.2) is 0 Å². The number of carboxylic acid groups (broad SMARTS) is 1. The van der Waals surface area contributed by atoms with E-state index in [1.807, 2.05) is 18.2 Å². The molecule has 4 rings (SSSR count). The smallest absolute Gasteiger partial charge is 0.305 e. The van der Waals surface area contributed by atoms with Gasteiger partial charge in [-0.05, 0) is 18.2 Å². The Bertz CT molecular complexity index is 1060. The maximum atomic E-state index is 10.8. The Hall–Kier alpha value is -3.11. The van der Waals surface area contributed by atoms with Crippen LogP contribution in [0.4, 0.5) is 17.5 Å². The topological polar surface area (TPSA) is 112 Å². The fourth-order valence-corrected chi connectivity index (χ4v) is 3.55.